The molecule has 3 heteroatoms. The van der Waals surface area contributed by atoms with Gasteiger partial charge in [0, 0.05) is 14.0 Å². The third kappa shape index (κ3) is 1.33. The lowest BCUT2D eigenvalue weighted by Gasteiger charge is -2.01. The largest absolute Gasteiger partial charge is 0.197 e. The molecule has 2 aromatic rings. The number of thiophene rings is 1. The fraction of sp³-hybridized carbons (Fsp3) is 0.308. The predicted molar refractivity (Wildman–Crippen MR) is 70.6 cm³/mol. The van der Waals surface area contributed by atoms with Crippen molar-refractivity contribution in [2.24, 2.45) is 5.92 Å². The molecule has 0 saturated heterocycles. The van der Waals surface area contributed by atoms with Crippen LogP contribution in [0.15, 0.2) is 28.7 Å². The predicted octanol–water partition coefficient (Wildman–Crippen LogP) is 4.46. The van der Waals surface area contributed by atoms with E-state index in [2.05, 4.69) is 53.2 Å². The van der Waals surface area contributed by atoms with E-state index in [4.69, 9.17) is 0 Å². The van der Waals surface area contributed by atoms with Crippen LogP contribution in [0.25, 0.3) is 10.1 Å². The number of benzene rings is 1. The van der Waals surface area contributed by atoms with E-state index >= 15 is 0 Å². The summed E-state index contributed by atoms with van der Waals surface area (Å²) >= 11 is 5.24. The maximum atomic E-state index is 9.31. The Morgan fingerprint density at radius 1 is 1.50 bits per heavy atom. The van der Waals surface area contributed by atoms with Gasteiger partial charge in [-0.15, -0.1) is 11.3 Å². The minimum absolute atomic E-state index is 0.184. The van der Waals surface area contributed by atoms with Gasteiger partial charge in [-0.05, 0) is 42.0 Å². The molecule has 3 rings (SSSR count). The maximum Gasteiger partial charge on any atom is 0.0944 e. The molecule has 0 N–H and O–H groups in total. The molecule has 1 nitrogen and oxygen atoms in total. The Kier molecular flexibility index (Phi) is 2.14. The summed E-state index contributed by atoms with van der Waals surface area (Å²) < 4.78 is 2.37. The van der Waals surface area contributed by atoms with Crippen molar-refractivity contribution in [3.05, 3.63) is 33.6 Å². The zero-order valence-corrected chi connectivity index (χ0v) is 11.2. The highest BCUT2D eigenvalue weighted by Gasteiger charge is 2.54. The number of hydrogen-bond donors (Lipinski definition) is 0. The Morgan fingerprint density at radius 2 is 2.25 bits per heavy atom. The van der Waals surface area contributed by atoms with Gasteiger partial charge in [0.15, 0.2) is 0 Å². The normalized spacial score (nSPS) is 27.9. The first-order chi connectivity index (χ1) is 7.65. The molecule has 1 fully saturated rings. The maximum absolute atomic E-state index is 9.31. The Hall–Kier alpha value is -0.850. The molecule has 2 unspecified atom stereocenters. The summed E-state index contributed by atoms with van der Waals surface area (Å²) in [4.78, 5) is 1.23. The van der Waals surface area contributed by atoms with Crippen LogP contribution >= 0.6 is 27.3 Å². The average molecular weight is 292 g/mol. The van der Waals surface area contributed by atoms with E-state index in [-0.39, 0.29) is 5.41 Å². The van der Waals surface area contributed by atoms with Crippen molar-refractivity contribution in [3.63, 3.8) is 0 Å². The quantitative estimate of drug-likeness (QED) is 0.761. The number of nitriles is 1. The van der Waals surface area contributed by atoms with Crippen molar-refractivity contribution in [2.45, 2.75) is 18.8 Å². The van der Waals surface area contributed by atoms with Crippen molar-refractivity contribution in [1.29, 1.82) is 5.26 Å². The van der Waals surface area contributed by atoms with Crippen molar-refractivity contribution in [3.8, 4) is 6.07 Å². The van der Waals surface area contributed by atoms with Crippen LogP contribution < -0.4 is 0 Å². The second-order valence-electron chi connectivity index (χ2n) is 4.48. The van der Waals surface area contributed by atoms with Crippen LogP contribution in [0.5, 0.6) is 0 Å². The average Bonchev–Trinajstić information content (AvgIpc) is 2.75. The second-order valence-corrected chi connectivity index (χ2v) is 6.48. The van der Waals surface area contributed by atoms with Crippen LogP contribution in [-0.2, 0) is 5.41 Å². The van der Waals surface area contributed by atoms with Crippen LogP contribution in [-0.4, -0.2) is 0 Å². The third-order valence-electron chi connectivity index (χ3n) is 3.43. The number of nitrogens with zero attached hydrogens (tertiary/aromatic N) is 1. The Balaban J connectivity index is 2.17. The monoisotopic (exact) mass is 291 g/mol. The summed E-state index contributed by atoms with van der Waals surface area (Å²) in [6.45, 7) is 2.16. The number of hydrogen-bond acceptors (Lipinski definition) is 2. The second kappa shape index (κ2) is 3.32. The summed E-state index contributed by atoms with van der Waals surface area (Å²) in [6, 6.07) is 11.0. The lowest BCUT2D eigenvalue weighted by atomic mass is 10.0. The lowest BCUT2D eigenvalue weighted by Crippen LogP contribution is -2.02. The van der Waals surface area contributed by atoms with E-state index in [1.54, 1.807) is 11.3 Å². The molecule has 1 aliphatic carbocycles. The number of halogens is 1. The molecule has 1 saturated carbocycles. The molecular formula is C13H10BrNS. The fourth-order valence-corrected chi connectivity index (χ4v) is 3.90. The van der Waals surface area contributed by atoms with Gasteiger partial charge in [-0.25, -0.2) is 0 Å². The van der Waals surface area contributed by atoms with Gasteiger partial charge >= 0.3 is 0 Å². The molecule has 2 atom stereocenters. The van der Waals surface area contributed by atoms with Crippen LogP contribution in [0.3, 0.4) is 0 Å². The Bertz CT molecular complexity index is 610. The van der Waals surface area contributed by atoms with Gasteiger partial charge in [-0.2, -0.15) is 5.26 Å². The highest BCUT2D eigenvalue weighted by atomic mass is 79.9. The first-order valence-electron chi connectivity index (χ1n) is 5.26. The first-order valence-corrected chi connectivity index (χ1v) is 6.87. The zero-order chi connectivity index (χ0) is 11.3. The van der Waals surface area contributed by atoms with Gasteiger partial charge in [0.25, 0.3) is 0 Å². The SMILES string of the molecule is CC1CC1(C#N)c1cc2cc(Br)ccc2s1. The van der Waals surface area contributed by atoms with Crippen molar-refractivity contribution in [2.75, 3.05) is 0 Å². The van der Waals surface area contributed by atoms with Crippen LogP contribution in [0.2, 0.25) is 0 Å². The summed E-state index contributed by atoms with van der Waals surface area (Å²) in [6.07, 6.45) is 1.01. The fourth-order valence-electron chi connectivity index (χ4n) is 2.21. The smallest absolute Gasteiger partial charge is 0.0944 e. The molecule has 0 bridgehead atoms. The topological polar surface area (TPSA) is 23.8 Å². The van der Waals surface area contributed by atoms with E-state index in [0.717, 1.165) is 10.9 Å². The molecule has 0 radical (unpaired) electrons. The molecule has 1 aromatic carbocycles. The Morgan fingerprint density at radius 3 is 2.88 bits per heavy atom. The highest BCUT2D eigenvalue weighted by Crippen LogP contribution is 2.56. The minimum atomic E-state index is -0.184. The molecule has 80 valence electrons. The lowest BCUT2D eigenvalue weighted by molar-refractivity contribution is 0.808. The van der Waals surface area contributed by atoms with E-state index in [0.29, 0.717) is 5.92 Å². The van der Waals surface area contributed by atoms with E-state index in [1.807, 2.05) is 0 Å². The standard InChI is InChI=1S/C13H10BrNS/c1-8-6-13(8,7-15)12-5-9-4-10(14)2-3-11(9)16-12/h2-5,8H,6H2,1H3. The molecule has 1 aliphatic rings. The molecule has 0 spiro atoms. The van der Waals surface area contributed by atoms with Crippen LogP contribution in [0.4, 0.5) is 0 Å². The van der Waals surface area contributed by atoms with Crippen molar-refractivity contribution < 1.29 is 0 Å². The summed E-state index contributed by atoms with van der Waals surface area (Å²) in [5.41, 5.74) is -0.184. The van der Waals surface area contributed by atoms with E-state index in [1.165, 1.54) is 15.0 Å². The van der Waals surface area contributed by atoms with E-state index in [9.17, 15) is 5.26 Å². The van der Waals surface area contributed by atoms with Gasteiger partial charge in [-0.1, -0.05) is 22.9 Å². The summed E-state index contributed by atoms with van der Waals surface area (Å²) in [5, 5.41) is 10.5. The third-order valence-corrected chi connectivity index (χ3v) is 5.21. The van der Waals surface area contributed by atoms with Crippen LogP contribution in [0.1, 0.15) is 18.2 Å². The first kappa shape index (κ1) is 10.3. The van der Waals surface area contributed by atoms with Gasteiger partial charge in [0.05, 0.1) is 11.5 Å². The molecule has 0 amide bonds. The number of rotatable bonds is 1. The zero-order valence-electron chi connectivity index (χ0n) is 8.83. The minimum Gasteiger partial charge on any atom is -0.197 e. The molecule has 0 aliphatic heterocycles. The summed E-state index contributed by atoms with van der Waals surface area (Å²) in [5.74, 6) is 0.508. The highest BCUT2D eigenvalue weighted by molar-refractivity contribution is 9.10. The van der Waals surface area contributed by atoms with Gasteiger partial charge in [0.1, 0.15) is 0 Å². The van der Waals surface area contributed by atoms with Gasteiger partial charge in [-0.3, -0.25) is 0 Å². The van der Waals surface area contributed by atoms with Crippen molar-refractivity contribution >= 4 is 37.4 Å². The van der Waals surface area contributed by atoms with Gasteiger partial charge in [0.2, 0.25) is 0 Å². The summed E-state index contributed by atoms with van der Waals surface area (Å²) in [7, 11) is 0. The van der Waals surface area contributed by atoms with E-state index < -0.39 is 0 Å². The molecular weight excluding hydrogens is 282 g/mol. The van der Waals surface area contributed by atoms with Crippen LogP contribution in [0, 0.1) is 17.2 Å². The Labute approximate surface area is 107 Å². The van der Waals surface area contributed by atoms with Gasteiger partial charge < -0.3 is 0 Å². The molecule has 1 aromatic heterocycles. The number of fused-ring (bicyclic) bond motifs is 1. The van der Waals surface area contributed by atoms with Crippen molar-refractivity contribution in [1.82, 2.24) is 0 Å². The molecule has 16 heavy (non-hydrogen) atoms. The molecule has 1 heterocycles.